The van der Waals surface area contributed by atoms with Crippen LogP contribution in [0, 0.1) is 0 Å². The van der Waals surface area contributed by atoms with Gasteiger partial charge in [-0.05, 0) is 37.6 Å². The van der Waals surface area contributed by atoms with Crippen LogP contribution < -0.4 is 10.1 Å². The van der Waals surface area contributed by atoms with Crippen LogP contribution in [0.15, 0.2) is 24.3 Å². The average molecular weight is 221 g/mol. The zero-order valence-electron chi connectivity index (χ0n) is 9.90. The van der Waals surface area contributed by atoms with E-state index in [-0.39, 0.29) is 6.04 Å². The zero-order chi connectivity index (χ0) is 11.4. The Morgan fingerprint density at radius 2 is 2.12 bits per heavy atom. The summed E-state index contributed by atoms with van der Waals surface area (Å²) in [5.41, 5.74) is 1.26. The third-order valence-corrected chi connectivity index (χ3v) is 3.12. The number of nitrogens with one attached hydrogen (secondary N) is 1. The number of ether oxygens (including phenoxy) is 2. The maximum absolute atomic E-state index is 5.72. The Kier molecular flexibility index (Phi) is 3.80. The molecule has 1 saturated heterocycles. The highest BCUT2D eigenvalue weighted by Crippen LogP contribution is 2.27. The smallest absolute Gasteiger partial charge is 0.118 e. The number of likely N-dealkylation sites (N-methyl/N-ethyl adjacent to an activating group) is 1. The highest BCUT2D eigenvalue weighted by atomic mass is 16.5. The minimum Gasteiger partial charge on any atom is -0.497 e. The Bertz CT molecular complexity index is 317. The average Bonchev–Trinajstić information content (AvgIpc) is 2.85. The fourth-order valence-electron chi connectivity index (χ4n) is 2.24. The van der Waals surface area contributed by atoms with E-state index < -0.39 is 0 Å². The maximum Gasteiger partial charge on any atom is 0.118 e. The molecule has 1 aliphatic heterocycles. The molecule has 0 radical (unpaired) electrons. The SMILES string of the molecule is CNC(c1ccc(OC)cc1)C1CCCO1. The molecule has 3 nitrogen and oxygen atoms in total. The molecule has 2 atom stereocenters. The molecule has 1 fully saturated rings. The van der Waals surface area contributed by atoms with Crippen LogP contribution in [0.4, 0.5) is 0 Å². The van der Waals surface area contributed by atoms with Gasteiger partial charge in [-0.15, -0.1) is 0 Å². The summed E-state index contributed by atoms with van der Waals surface area (Å²) < 4.78 is 10.9. The lowest BCUT2D eigenvalue weighted by molar-refractivity contribution is 0.0807. The van der Waals surface area contributed by atoms with Crippen LogP contribution in [0.25, 0.3) is 0 Å². The number of rotatable bonds is 4. The summed E-state index contributed by atoms with van der Waals surface area (Å²) in [6, 6.07) is 8.47. The van der Waals surface area contributed by atoms with Gasteiger partial charge in [0.05, 0.1) is 19.3 Å². The Hall–Kier alpha value is -1.06. The minimum absolute atomic E-state index is 0.286. The highest BCUT2D eigenvalue weighted by molar-refractivity contribution is 5.29. The van der Waals surface area contributed by atoms with E-state index in [1.54, 1.807) is 7.11 Å². The van der Waals surface area contributed by atoms with Crippen molar-refractivity contribution in [3.8, 4) is 5.75 Å². The minimum atomic E-state index is 0.286. The van der Waals surface area contributed by atoms with Gasteiger partial charge < -0.3 is 14.8 Å². The summed E-state index contributed by atoms with van der Waals surface area (Å²) >= 11 is 0. The number of methoxy groups -OCH3 is 1. The van der Waals surface area contributed by atoms with Gasteiger partial charge in [-0.3, -0.25) is 0 Å². The lowest BCUT2D eigenvalue weighted by atomic mass is 9.99. The first kappa shape index (κ1) is 11.4. The molecule has 1 aromatic carbocycles. The van der Waals surface area contributed by atoms with Gasteiger partial charge in [0.2, 0.25) is 0 Å². The van der Waals surface area contributed by atoms with Gasteiger partial charge in [0.1, 0.15) is 5.75 Å². The van der Waals surface area contributed by atoms with Crippen LogP contribution in [0.5, 0.6) is 5.75 Å². The molecule has 0 saturated carbocycles. The van der Waals surface area contributed by atoms with Gasteiger partial charge in [0.25, 0.3) is 0 Å². The highest BCUT2D eigenvalue weighted by Gasteiger charge is 2.25. The second-order valence-corrected chi connectivity index (χ2v) is 4.09. The second kappa shape index (κ2) is 5.32. The van der Waals surface area contributed by atoms with Crippen molar-refractivity contribution in [3.63, 3.8) is 0 Å². The molecule has 0 bridgehead atoms. The Morgan fingerprint density at radius 1 is 1.38 bits per heavy atom. The first-order chi connectivity index (χ1) is 7.85. The maximum atomic E-state index is 5.72. The van der Waals surface area contributed by atoms with E-state index in [0.29, 0.717) is 6.10 Å². The molecule has 0 aromatic heterocycles. The summed E-state index contributed by atoms with van der Waals surface area (Å²) in [7, 11) is 3.67. The van der Waals surface area contributed by atoms with E-state index in [2.05, 4.69) is 17.4 Å². The Labute approximate surface area is 96.8 Å². The van der Waals surface area contributed by atoms with Crippen molar-refractivity contribution in [2.24, 2.45) is 0 Å². The molecular weight excluding hydrogens is 202 g/mol. The van der Waals surface area contributed by atoms with Crippen molar-refractivity contribution in [2.75, 3.05) is 20.8 Å². The van der Waals surface area contributed by atoms with Gasteiger partial charge in [0.15, 0.2) is 0 Å². The van der Waals surface area contributed by atoms with Gasteiger partial charge in [0, 0.05) is 6.61 Å². The molecule has 1 aromatic rings. The number of hydrogen-bond acceptors (Lipinski definition) is 3. The molecular formula is C13H19NO2. The predicted molar refractivity (Wildman–Crippen MR) is 63.8 cm³/mol. The summed E-state index contributed by atoms with van der Waals surface area (Å²) in [6.07, 6.45) is 2.61. The normalized spacial score (nSPS) is 22.0. The first-order valence-corrected chi connectivity index (χ1v) is 5.78. The lowest BCUT2D eigenvalue weighted by Gasteiger charge is -2.23. The second-order valence-electron chi connectivity index (χ2n) is 4.09. The standard InChI is InChI=1S/C13H19NO2/c1-14-13(12-4-3-9-16-12)10-5-7-11(15-2)8-6-10/h5-8,12-14H,3-4,9H2,1-2H3. The van der Waals surface area contributed by atoms with E-state index in [1.807, 2.05) is 19.2 Å². The Balaban J connectivity index is 2.12. The molecule has 16 heavy (non-hydrogen) atoms. The summed E-state index contributed by atoms with van der Waals surface area (Å²) in [6.45, 7) is 0.888. The topological polar surface area (TPSA) is 30.5 Å². The summed E-state index contributed by atoms with van der Waals surface area (Å²) in [5.74, 6) is 0.894. The van der Waals surface area contributed by atoms with Gasteiger partial charge in [-0.2, -0.15) is 0 Å². The van der Waals surface area contributed by atoms with Gasteiger partial charge in [-0.25, -0.2) is 0 Å². The van der Waals surface area contributed by atoms with Gasteiger partial charge in [-0.1, -0.05) is 12.1 Å². The van der Waals surface area contributed by atoms with E-state index in [1.165, 1.54) is 12.0 Å². The molecule has 2 unspecified atom stereocenters. The molecule has 1 N–H and O–H groups in total. The summed E-state index contributed by atoms with van der Waals surface area (Å²) in [5, 5.41) is 3.33. The van der Waals surface area contributed by atoms with Crippen LogP contribution in [-0.4, -0.2) is 26.9 Å². The van der Waals surface area contributed by atoms with Crippen LogP contribution in [0.3, 0.4) is 0 Å². The van der Waals surface area contributed by atoms with Crippen LogP contribution in [-0.2, 0) is 4.74 Å². The van der Waals surface area contributed by atoms with Crippen molar-refractivity contribution >= 4 is 0 Å². The molecule has 2 rings (SSSR count). The van der Waals surface area contributed by atoms with Crippen LogP contribution in [0.2, 0.25) is 0 Å². The van der Waals surface area contributed by atoms with E-state index >= 15 is 0 Å². The monoisotopic (exact) mass is 221 g/mol. The zero-order valence-corrected chi connectivity index (χ0v) is 9.90. The third-order valence-electron chi connectivity index (χ3n) is 3.12. The van der Waals surface area contributed by atoms with Crippen molar-refractivity contribution in [1.29, 1.82) is 0 Å². The number of benzene rings is 1. The van der Waals surface area contributed by atoms with Crippen molar-refractivity contribution < 1.29 is 9.47 Å². The van der Waals surface area contributed by atoms with Crippen molar-refractivity contribution in [2.45, 2.75) is 25.0 Å². The molecule has 0 aliphatic carbocycles. The molecule has 1 heterocycles. The van der Waals surface area contributed by atoms with E-state index in [0.717, 1.165) is 18.8 Å². The largest absolute Gasteiger partial charge is 0.497 e. The van der Waals surface area contributed by atoms with Crippen molar-refractivity contribution in [1.82, 2.24) is 5.32 Å². The first-order valence-electron chi connectivity index (χ1n) is 5.78. The Morgan fingerprint density at radius 3 is 2.62 bits per heavy atom. The molecule has 1 aliphatic rings. The predicted octanol–water partition coefficient (Wildman–Crippen LogP) is 2.13. The molecule has 3 heteroatoms. The fourth-order valence-corrected chi connectivity index (χ4v) is 2.24. The molecule has 0 spiro atoms. The molecule has 0 amide bonds. The van der Waals surface area contributed by atoms with Crippen LogP contribution >= 0.6 is 0 Å². The van der Waals surface area contributed by atoms with Crippen molar-refractivity contribution in [3.05, 3.63) is 29.8 Å². The van der Waals surface area contributed by atoms with Crippen LogP contribution in [0.1, 0.15) is 24.4 Å². The lowest BCUT2D eigenvalue weighted by Crippen LogP contribution is -2.28. The van der Waals surface area contributed by atoms with Gasteiger partial charge >= 0.3 is 0 Å². The quantitative estimate of drug-likeness (QED) is 0.845. The number of hydrogen-bond donors (Lipinski definition) is 1. The third kappa shape index (κ3) is 2.36. The fraction of sp³-hybridized carbons (Fsp3) is 0.538. The molecule has 88 valence electrons. The van der Waals surface area contributed by atoms with E-state index in [9.17, 15) is 0 Å². The summed E-state index contributed by atoms with van der Waals surface area (Å²) in [4.78, 5) is 0. The van der Waals surface area contributed by atoms with E-state index in [4.69, 9.17) is 9.47 Å².